The third kappa shape index (κ3) is 2.68. The summed E-state index contributed by atoms with van der Waals surface area (Å²) in [7, 11) is 0. The van der Waals surface area contributed by atoms with Crippen molar-refractivity contribution in [2.75, 3.05) is 6.54 Å². The van der Waals surface area contributed by atoms with Crippen molar-refractivity contribution < 1.29 is 14.7 Å². The molecule has 1 aromatic rings. The van der Waals surface area contributed by atoms with Gasteiger partial charge in [-0.15, -0.1) is 0 Å². The van der Waals surface area contributed by atoms with Gasteiger partial charge in [-0.25, -0.2) is 0 Å². The Morgan fingerprint density at radius 2 is 1.86 bits per heavy atom. The van der Waals surface area contributed by atoms with Crippen LogP contribution in [-0.4, -0.2) is 23.4 Å². The summed E-state index contributed by atoms with van der Waals surface area (Å²) < 4.78 is 0. The van der Waals surface area contributed by atoms with E-state index in [2.05, 4.69) is 10.3 Å². The minimum absolute atomic E-state index is 0.0406. The van der Waals surface area contributed by atoms with E-state index in [9.17, 15) is 14.7 Å². The molecule has 110 valence electrons. The fourth-order valence-electron chi connectivity index (χ4n) is 3.50. The second-order valence-corrected chi connectivity index (χ2v) is 5.72. The van der Waals surface area contributed by atoms with Crippen molar-refractivity contribution in [1.82, 2.24) is 10.3 Å². The molecule has 5 heteroatoms. The molecule has 5 nitrogen and oxygen atoms in total. The summed E-state index contributed by atoms with van der Waals surface area (Å²) in [5, 5.41) is 14.1. The van der Waals surface area contributed by atoms with Gasteiger partial charge < -0.3 is 15.2 Å². The minimum atomic E-state index is -1.11. The molecule has 2 aliphatic carbocycles. The van der Waals surface area contributed by atoms with Crippen LogP contribution in [0.5, 0.6) is 0 Å². The van der Waals surface area contributed by atoms with E-state index >= 15 is 0 Å². The molecular formula is C16H17N2O3-. The van der Waals surface area contributed by atoms with Crippen molar-refractivity contribution >= 4 is 11.9 Å². The predicted molar refractivity (Wildman–Crippen MR) is 73.7 cm³/mol. The number of carbonyl (C=O) groups is 2. The van der Waals surface area contributed by atoms with Crippen molar-refractivity contribution in [3.05, 3.63) is 42.2 Å². The number of carboxylic acids is 1. The first-order chi connectivity index (χ1) is 10.2. The average molecular weight is 285 g/mol. The summed E-state index contributed by atoms with van der Waals surface area (Å²) >= 11 is 0. The quantitative estimate of drug-likeness (QED) is 0.768. The first-order valence-electron chi connectivity index (χ1n) is 7.22. The van der Waals surface area contributed by atoms with Gasteiger partial charge in [0.15, 0.2) is 0 Å². The van der Waals surface area contributed by atoms with Gasteiger partial charge >= 0.3 is 0 Å². The number of allylic oxidation sites excluding steroid dienone is 2. The zero-order valence-corrected chi connectivity index (χ0v) is 11.6. The topological polar surface area (TPSA) is 82.1 Å². The molecule has 0 saturated heterocycles. The maximum Gasteiger partial charge on any atom is 0.224 e. The van der Waals surface area contributed by atoms with E-state index in [1.165, 1.54) is 0 Å². The molecule has 1 aromatic heterocycles. The minimum Gasteiger partial charge on any atom is -0.550 e. The lowest BCUT2D eigenvalue weighted by atomic mass is 9.82. The zero-order valence-electron chi connectivity index (χ0n) is 11.6. The van der Waals surface area contributed by atoms with Crippen molar-refractivity contribution in [2.45, 2.75) is 12.8 Å². The number of rotatable bonds is 5. The SMILES string of the molecule is O=C(NCCc1ccncc1)[C@@H]1[C@@H](C(=O)[O-])[C@H]2C=C[C@@H]1C2. The number of nitrogens with one attached hydrogen (secondary N) is 1. The highest BCUT2D eigenvalue weighted by Crippen LogP contribution is 2.47. The van der Waals surface area contributed by atoms with E-state index < -0.39 is 17.8 Å². The van der Waals surface area contributed by atoms with Crippen LogP contribution < -0.4 is 10.4 Å². The number of fused-ring (bicyclic) bond motifs is 2. The summed E-state index contributed by atoms with van der Waals surface area (Å²) in [4.78, 5) is 27.5. The van der Waals surface area contributed by atoms with Gasteiger partial charge in [0.25, 0.3) is 0 Å². The summed E-state index contributed by atoms with van der Waals surface area (Å²) in [5.41, 5.74) is 1.09. The van der Waals surface area contributed by atoms with Gasteiger partial charge in [0.05, 0.1) is 5.92 Å². The monoisotopic (exact) mass is 285 g/mol. The Balaban J connectivity index is 1.58. The van der Waals surface area contributed by atoms with Gasteiger partial charge in [-0.2, -0.15) is 0 Å². The molecule has 0 aromatic carbocycles. The van der Waals surface area contributed by atoms with E-state index in [4.69, 9.17) is 0 Å². The van der Waals surface area contributed by atoms with Crippen LogP contribution in [-0.2, 0) is 16.0 Å². The first kappa shape index (κ1) is 13.8. The number of aliphatic carboxylic acids is 1. The van der Waals surface area contributed by atoms with E-state index in [0.29, 0.717) is 13.0 Å². The molecule has 1 amide bonds. The third-order valence-electron chi connectivity index (χ3n) is 4.50. The Bertz CT molecular complexity index is 570. The van der Waals surface area contributed by atoms with Crippen molar-refractivity contribution in [3.8, 4) is 0 Å². The Morgan fingerprint density at radius 3 is 2.52 bits per heavy atom. The molecule has 3 rings (SSSR count). The third-order valence-corrected chi connectivity index (χ3v) is 4.50. The molecule has 1 fully saturated rings. The Labute approximate surface area is 123 Å². The van der Waals surface area contributed by atoms with Crippen LogP contribution in [0.1, 0.15) is 12.0 Å². The van der Waals surface area contributed by atoms with Crippen LogP contribution in [0.2, 0.25) is 0 Å². The summed E-state index contributed by atoms with van der Waals surface area (Å²) in [6, 6.07) is 3.80. The van der Waals surface area contributed by atoms with Crippen LogP contribution in [0.25, 0.3) is 0 Å². The highest BCUT2D eigenvalue weighted by Gasteiger charge is 2.48. The van der Waals surface area contributed by atoms with Crippen LogP contribution in [0.15, 0.2) is 36.7 Å². The highest BCUT2D eigenvalue weighted by molar-refractivity contribution is 5.86. The maximum absolute atomic E-state index is 12.3. The number of aromatic nitrogens is 1. The smallest absolute Gasteiger partial charge is 0.224 e. The standard InChI is InChI=1S/C16H18N2O3/c19-15(18-8-5-10-3-6-17-7-4-10)13-11-1-2-12(9-11)14(13)16(20)21/h1-4,6-7,11-14H,5,8-9H2,(H,18,19)(H,20,21)/p-1/t11-,12+,13+,14+/m1/s1. The maximum atomic E-state index is 12.3. The second kappa shape index (κ2) is 5.68. The second-order valence-electron chi connectivity index (χ2n) is 5.72. The molecule has 0 spiro atoms. The number of pyridine rings is 1. The van der Waals surface area contributed by atoms with Gasteiger partial charge in [0.1, 0.15) is 0 Å². The molecule has 1 heterocycles. The molecule has 0 aliphatic heterocycles. The van der Waals surface area contributed by atoms with Crippen molar-refractivity contribution in [3.63, 3.8) is 0 Å². The molecule has 21 heavy (non-hydrogen) atoms. The number of carbonyl (C=O) groups excluding carboxylic acids is 2. The molecule has 2 aliphatic rings. The summed E-state index contributed by atoms with van der Waals surface area (Å²) in [6.45, 7) is 0.500. The predicted octanol–water partition coefficient (Wildman–Crippen LogP) is -0.0715. The highest BCUT2D eigenvalue weighted by atomic mass is 16.4. The average Bonchev–Trinajstić information content (AvgIpc) is 3.08. The molecular weight excluding hydrogens is 268 g/mol. The number of hydrogen-bond donors (Lipinski definition) is 1. The first-order valence-corrected chi connectivity index (χ1v) is 7.22. The summed E-state index contributed by atoms with van der Waals surface area (Å²) in [6.07, 6.45) is 8.76. The van der Waals surface area contributed by atoms with E-state index in [1.54, 1.807) is 12.4 Å². The Hall–Kier alpha value is -2.17. The lowest BCUT2D eigenvalue weighted by Crippen LogP contribution is -2.45. The van der Waals surface area contributed by atoms with Crippen LogP contribution in [0, 0.1) is 23.7 Å². The molecule has 1 N–H and O–H groups in total. The van der Waals surface area contributed by atoms with Crippen LogP contribution in [0.4, 0.5) is 0 Å². The summed E-state index contributed by atoms with van der Waals surface area (Å²) in [5.74, 6) is -2.45. The van der Waals surface area contributed by atoms with Crippen LogP contribution in [0.3, 0.4) is 0 Å². The van der Waals surface area contributed by atoms with Crippen molar-refractivity contribution in [2.24, 2.45) is 23.7 Å². The zero-order chi connectivity index (χ0) is 14.8. The number of hydrogen-bond acceptors (Lipinski definition) is 4. The molecule has 0 radical (unpaired) electrons. The fraction of sp³-hybridized carbons (Fsp3) is 0.438. The number of nitrogens with zero attached hydrogens (tertiary/aromatic N) is 1. The van der Waals surface area contributed by atoms with E-state index in [0.717, 1.165) is 12.0 Å². The van der Waals surface area contributed by atoms with Crippen molar-refractivity contribution in [1.29, 1.82) is 0 Å². The molecule has 0 unspecified atom stereocenters. The van der Waals surface area contributed by atoms with E-state index in [-0.39, 0.29) is 17.7 Å². The number of amides is 1. The lowest BCUT2D eigenvalue weighted by Gasteiger charge is -2.27. The lowest BCUT2D eigenvalue weighted by molar-refractivity contribution is -0.313. The Morgan fingerprint density at radius 1 is 1.19 bits per heavy atom. The molecule has 4 atom stereocenters. The largest absolute Gasteiger partial charge is 0.550 e. The molecule has 2 bridgehead atoms. The van der Waals surface area contributed by atoms with Crippen LogP contribution >= 0.6 is 0 Å². The van der Waals surface area contributed by atoms with Gasteiger partial charge in [-0.3, -0.25) is 9.78 Å². The van der Waals surface area contributed by atoms with Gasteiger partial charge in [-0.05, 0) is 42.4 Å². The van der Waals surface area contributed by atoms with E-state index in [1.807, 2.05) is 24.3 Å². The Kier molecular flexibility index (Phi) is 3.73. The fourth-order valence-corrected chi connectivity index (χ4v) is 3.50. The van der Waals surface area contributed by atoms with Gasteiger partial charge in [0, 0.05) is 30.8 Å². The molecule has 1 saturated carbocycles. The normalized spacial score (nSPS) is 29.5. The van der Waals surface area contributed by atoms with Gasteiger partial charge in [-0.1, -0.05) is 12.2 Å². The number of carboxylic acid groups (broad SMARTS) is 1. The van der Waals surface area contributed by atoms with Gasteiger partial charge in [0.2, 0.25) is 5.91 Å².